The van der Waals surface area contributed by atoms with Gasteiger partial charge in [0, 0.05) is 24.7 Å². The number of rotatable bonds is 0. The second-order valence-electron chi connectivity index (χ2n) is 4.95. The molecule has 82 valence electrons. The largest absolute Gasteiger partial charge is 0.508 e. The summed E-state index contributed by atoms with van der Waals surface area (Å²) in [6, 6.07) is 5.48. The van der Waals surface area contributed by atoms with Gasteiger partial charge in [0.1, 0.15) is 5.75 Å². The van der Waals surface area contributed by atoms with Crippen molar-refractivity contribution in [3.05, 3.63) is 18.2 Å². The molecule has 0 atom stereocenters. The lowest BCUT2D eigenvalue weighted by molar-refractivity contribution is 0.471. The molecular formula is C12H18N2O. The zero-order valence-corrected chi connectivity index (χ0v) is 9.54. The molecule has 15 heavy (non-hydrogen) atoms. The Morgan fingerprint density at radius 3 is 2.73 bits per heavy atom. The van der Waals surface area contributed by atoms with Crippen LogP contribution in [0.5, 0.6) is 5.75 Å². The first-order valence-electron chi connectivity index (χ1n) is 5.33. The fourth-order valence-corrected chi connectivity index (χ4v) is 2.01. The van der Waals surface area contributed by atoms with E-state index in [-0.39, 0.29) is 5.54 Å². The van der Waals surface area contributed by atoms with Crippen molar-refractivity contribution in [3.8, 4) is 5.75 Å². The maximum Gasteiger partial charge on any atom is 0.117 e. The van der Waals surface area contributed by atoms with Gasteiger partial charge in [0.25, 0.3) is 0 Å². The molecule has 0 radical (unpaired) electrons. The van der Waals surface area contributed by atoms with Crippen molar-refractivity contribution in [3.63, 3.8) is 0 Å². The molecule has 3 nitrogen and oxygen atoms in total. The lowest BCUT2D eigenvalue weighted by Crippen LogP contribution is -2.46. The summed E-state index contributed by atoms with van der Waals surface area (Å²) in [5.41, 5.74) is 2.28. The summed E-state index contributed by atoms with van der Waals surface area (Å²) in [4.78, 5) is 2.32. The highest BCUT2D eigenvalue weighted by atomic mass is 16.3. The molecule has 0 amide bonds. The van der Waals surface area contributed by atoms with E-state index in [1.165, 1.54) is 0 Å². The fourth-order valence-electron chi connectivity index (χ4n) is 2.01. The number of phenols is 1. The maximum atomic E-state index is 9.52. The molecule has 2 rings (SSSR count). The van der Waals surface area contributed by atoms with Crippen LogP contribution < -0.4 is 10.2 Å². The summed E-state index contributed by atoms with van der Waals surface area (Å²) < 4.78 is 0. The molecular weight excluding hydrogens is 188 g/mol. The van der Waals surface area contributed by atoms with Crippen molar-refractivity contribution in [2.45, 2.75) is 26.3 Å². The van der Waals surface area contributed by atoms with Crippen LogP contribution in [0.2, 0.25) is 0 Å². The van der Waals surface area contributed by atoms with Crippen molar-refractivity contribution in [1.29, 1.82) is 0 Å². The molecule has 1 aromatic rings. The normalized spacial score (nSPS) is 15.8. The first-order valence-corrected chi connectivity index (χ1v) is 5.33. The Morgan fingerprint density at radius 2 is 2.07 bits per heavy atom. The van der Waals surface area contributed by atoms with E-state index >= 15 is 0 Å². The number of fused-ring (bicyclic) bond motifs is 1. The zero-order chi connectivity index (χ0) is 11.1. The van der Waals surface area contributed by atoms with Crippen molar-refractivity contribution in [2.75, 3.05) is 23.3 Å². The van der Waals surface area contributed by atoms with Crippen molar-refractivity contribution in [1.82, 2.24) is 0 Å². The van der Waals surface area contributed by atoms with Crippen LogP contribution in [-0.2, 0) is 0 Å². The van der Waals surface area contributed by atoms with Gasteiger partial charge in [-0.1, -0.05) is 0 Å². The van der Waals surface area contributed by atoms with Crippen molar-refractivity contribution < 1.29 is 5.11 Å². The van der Waals surface area contributed by atoms with Crippen LogP contribution in [0.3, 0.4) is 0 Å². The molecule has 0 aliphatic carbocycles. The zero-order valence-electron chi connectivity index (χ0n) is 9.54. The minimum absolute atomic E-state index is 0.0879. The minimum Gasteiger partial charge on any atom is -0.508 e. The third-order valence-corrected chi connectivity index (χ3v) is 2.73. The van der Waals surface area contributed by atoms with Gasteiger partial charge in [-0.25, -0.2) is 0 Å². The highest BCUT2D eigenvalue weighted by molar-refractivity contribution is 5.74. The van der Waals surface area contributed by atoms with Crippen LogP contribution in [0.15, 0.2) is 18.2 Å². The molecule has 1 aromatic carbocycles. The Bertz CT molecular complexity index is 368. The Hall–Kier alpha value is -1.38. The van der Waals surface area contributed by atoms with Gasteiger partial charge in [0.15, 0.2) is 0 Å². The summed E-state index contributed by atoms with van der Waals surface area (Å²) in [5.74, 6) is 0.326. The monoisotopic (exact) mass is 206 g/mol. The summed E-state index contributed by atoms with van der Waals surface area (Å²) in [5, 5.41) is 12.9. The van der Waals surface area contributed by atoms with Gasteiger partial charge in [-0.3, -0.25) is 0 Å². The molecule has 3 heteroatoms. The summed E-state index contributed by atoms with van der Waals surface area (Å²) in [6.45, 7) is 8.49. The molecule has 0 unspecified atom stereocenters. The van der Waals surface area contributed by atoms with Gasteiger partial charge < -0.3 is 15.3 Å². The molecule has 2 N–H and O–H groups in total. The van der Waals surface area contributed by atoms with Gasteiger partial charge in [0.2, 0.25) is 0 Å². The van der Waals surface area contributed by atoms with Gasteiger partial charge in [-0.2, -0.15) is 0 Å². The van der Waals surface area contributed by atoms with Crippen LogP contribution in [-0.4, -0.2) is 23.7 Å². The second kappa shape index (κ2) is 3.33. The van der Waals surface area contributed by atoms with E-state index in [0.717, 1.165) is 24.5 Å². The van der Waals surface area contributed by atoms with Crippen LogP contribution in [0.25, 0.3) is 0 Å². The Kier molecular flexibility index (Phi) is 2.25. The molecule has 1 aliphatic rings. The van der Waals surface area contributed by atoms with Crippen LogP contribution >= 0.6 is 0 Å². The van der Waals surface area contributed by atoms with E-state index in [4.69, 9.17) is 0 Å². The Labute approximate surface area is 90.7 Å². The third-order valence-electron chi connectivity index (χ3n) is 2.73. The molecule has 0 saturated carbocycles. The standard InChI is InChI=1S/C12H18N2O/c1-12(2,3)14-7-6-13-10-5-4-9(15)8-11(10)14/h4-5,8,13,15H,6-7H2,1-3H3. The van der Waals surface area contributed by atoms with E-state index in [2.05, 4.69) is 31.0 Å². The number of benzene rings is 1. The van der Waals surface area contributed by atoms with Gasteiger partial charge in [0.05, 0.1) is 11.4 Å². The summed E-state index contributed by atoms with van der Waals surface area (Å²) >= 11 is 0. The van der Waals surface area contributed by atoms with Crippen molar-refractivity contribution >= 4 is 11.4 Å². The molecule has 0 aromatic heterocycles. The predicted molar refractivity (Wildman–Crippen MR) is 63.7 cm³/mol. The SMILES string of the molecule is CC(C)(C)N1CCNc2ccc(O)cc21. The van der Waals surface area contributed by atoms with Crippen LogP contribution in [0.4, 0.5) is 11.4 Å². The maximum absolute atomic E-state index is 9.52. The first kappa shape index (κ1) is 10.1. The topological polar surface area (TPSA) is 35.5 Å². The lowest BCUT2D eigenvalue weighted by atomic mass is 10.0. The molecule has 0 saturated heterocycles. The first-order chi connectivity index (χ1) is 6.98. The van der Waals surface area contributed by atoms with Gasteiger partial charge in [-0.15, -0.1) is 0 Å². The third kappa shape index (κ3) is 1.87. The lowest BCUT2D eigenvalue weighted by Gasteiger charge is -2.41. The average Bonchev–Trinajstić information content (AvgIpc) is 2.15. The summed E-state index contributed by atoms with van der Waals surface area (Å²) in [6.07, 6.45) is 0. The van der Waals surface area contributed by atoms with Crippen LogP contribution in [0, 0.1) is 0 Å². The Balaban J connectivity index is 2.45. The number of anilines is 2. The highest BCUT2D eigenvalue weighted by Gasteiger charge is 2.26. The van der Waals surface area contributed by atoms with Crippen molar-refractivity contribution in [2.24, 2.45) is 0 Å². The van der Waals surface area contributed by atoms with Gasteiger partial charge >= 0.3 is 0 Å². The summed E-state index contributed by atoms with van der Waals surface area (Å²) in [7, 11) is 0. The van der Waals surface area contributed by atoms with E-state index in [1.807, 2.05) is 12.1 Å². The number of aromatic hydroxyl groups is 1. The predicted octanol–water partition coefficient (Wildman–Crippen LogP) is 2.42. The van der Waals surface area contributed by atoms with E-state index in [0.29, 0.717) is 5.75 Å². The number of hydrogen-bond donors (Lipinski definition) is 2. The molecule has 0 fully saturated rings. The smallest absolute Gasteiger partial charge is 0.117 e. The van der Waals surface area contributed by atoms with E-state index in [9.17, 15) is 5.11 Å². The molecule has 1 aliphatic heterocycles. The van der Waals surface area contributed by atoms with Gasteiger partial charge in [-0.05, 0) is 32.9 Å². The second-order valence-corrected chi connectivity index (χ2v) is 4.95. The highest BCUT2D eigenvalue weighted by Crippen LogP contribution is 2.36. The number of nitrogens with one attached hydrogen (secondary N) is 1. The molecule has 1 heterocycles. The average molecular weight is 206 g/mol. The fraction of sp³-hybridized carbons (Fsp3) is 0.500. The number of hydrogen-bond acceptors (Lipinski definition) is 3. The Morgan fingerprint density at radius 1 is 1.33 bits per heavy atom. The number of phenolic OH excluding ortho intramolecular Hbond substituents is 1. The quantitative estimate of drug-likeness (QED) is 0.640. The number of nitrogens with zero attached hydrogens (tertiary/aromatic N) is 1. The van der Waals surface area contributed by atoms with E-state index in [1.54, 1.807) is 6.07 Å². The molecule has 0 bridgehead atoms. The molecule has 0 spiro atoms. The van der Waals surface area contributed by atoms with E-state index < -0.39 is 0 Å². The van der Waals surface area contributed by atoms with Crippen LogP contribution in [0.1, 0.15) is 20.8 Å². The minimum atomic E-state index is 0.0879.